The first-order valence-electron chi connectivity index (χ1n) is 11.5. The number of nitrogens with one attached hydrogen (secondary N) is 3. The van der Waals surface area contributed by atoms with E-state index < -0.39 is 47.9 Å². The number of hydrogen-bond acceptors (Lipinski definition) is 7. The molecule has 12 heteroatoms. The van der Waals surface area contributed by atoms with Gasteiger partial charge in [0.15, 0.2) is 0 Å². The summed E-state index contributed by atoms with van der Waals surface area (Å²) in [5.41, 5.74) is 6.61. The van der Waals surface area contributed by atoms with Crippen LogP contribution in [0.1, 0.15) is 45.2 Å². The van der Waals surface area contributed by atoms with E-state index in [0.29, 0.717) is 43.7 Å². The largest absolute Gasteiger partial charge is 0.480 e. The fourth-order valence-corrected chi connectivity index (χ4v) is 4.42. The van der Waals surface area contributed by atoms with Crippen molar-refractivity contribution >= 4 is 35.5 Å². The zero-order chi connectivity index (χ0) is 25.3. The fraction of sp³-hybridized carbons (Fsp3) is 0.682. The fourth-order valence-electron chi connectivity index (χ4n) is 3.93. The molecule has 4 unspecified atom stereocenters. The number of nitrogens with zero attached hydrogens (tertiary/aromatic N) is 2. The summed E-state index contributed by atoms with van der Waals surface area (Å²) in [6.45, 7) is 4.16. The normalized spacial score (nSPS) is 18.4. The first-order valence-corrected chi connectivity index (χ1v) is 12.9. The Morgan fingerprint density at radius 2 is 1.97 bits per heavy atom. The van der Waals surface area contributed by atoms with Crippen LogP contribution in [-0.4, -0.2) is 86.4 Å². The molecule has 0 aliphatic carbocycles. The highest BCUT2D eigenvalue weighted by atomic mass is 32.2. The van der Waals surface area contributed by atoms with Gasteiger partial charge in [-0.05, 0) is 43.6 Å². The van der Waals surface area contributed by atoms with Crippen LogP contribution < -0.4 is 16.4 Å². The number of aromatic nitrogens is 2. The number of thioether (sulfide) groups is 1. The summed E-state index contributed by atoms with van der Waals surface area (Å²) in [6.07, 6.45) is 6.86. The Hall–Kier alpha value is -2.60. The van der Waals surface area contributed by atoms with Crippen molar-refractivity contribution in [3.05, 3.63) is 18.2 Å². The van der Waals surface area contributed by atoms with Crippen LogP contribution in [0, 0.1) is 5.92 Å². The lowest BCUT2D eigenvalue weighted by molar-refractivity contribution is -0.149. The average Bonchev–Trinajstić information content (AvgIpc) is 3.47. The molecule has 34 heavy (non-hydrogen) atoms. The molecule has 1 fully saturated rings. The Morgan fingerprint density at radius 3 is 2.56 bits per heavy atom. The molecule has 1 aliphatic heterocycles. The molecule has 1 saturated heterocycles. The second kappa shape index (κ2) is 13.3. The molecule has 6 N–H and O–H groups in total. The lowest BCUT2D eigenvalue weighted by atomic mass is 10.0. The molecule has 1 aliphatic rings. The van der Waals surface area contributed by atoms with Crippen LogP contribution in [0.4, 0.5) is 0 Å². The summed E-state index contributed by atoms with van der Waals surface area (Å²) in [5, 5.41) is 14.9. The quantitative estimate of drug-likeness (QED) is 0.256. The molecule has 1 aromatic heterocycles. The van der Waals surface area contributed by atoms with E-state index in [1.54, 1.807) is 18.0 Å². The van der Waals surface area contributed by atoms with Gasteiger partial charge in [-0.1, -0.05) is 13.8 Å². The number of aliphatic carboxylic acids is 1. The lowest BCUT2D eigenvalue weighted by Gasteiger charge is -2.29. The topological polar surface area (TPSA) is 171 Å². The molecule has 4 atom stereocenters. The van der Waals surface area contributed by atoms with Gasteiger partial charge in [0.1, 0.15) is 18.1 Å². The Kier molecular flexibility index (Phi) is 10.8. The van der Waals surface area contributed by atoms with Gasteiger partial charge in [-0.25, -0.2) is 9.78 Å². The van der Waals surface area contributed by atoms with Crippen LogP contribution in [0.2, 0.25) is 0 Å². The number of hydrogen-bond donors (Lipinski definition) is 5. The zero-order valence-corrected chi connectivity index (χ0v) is 20.8. The van der Waals surface area contributed by atoms with Crippen molar-refractivity contribution in [2.75, 3.05) is 18.6 Å². The molecule has 3 amide bonds. The van der Waals surface area contributed by atoms with Gasteiger partial charge in [-0.3, -0.25) is 14.4 Å². The summed E-state index contributed by atoms with van der Waals surface area (Å²) in [4.78, 5) is 58.9. The number of likely N-dealkylation sites (tertiary alicyclic amines) is 1. The van der Waals surface area contributed by atoms with Gasteiger partial charge in [0.2, 0.25) is 17.7 Å². The predicted molar refractivity (Wildman–Crippen MR) is 129 cm³/mol. The van der Waals surface area contributed by atoms with E-state index in [4.69, 9.17) is 5.73 Å². The van der Waals surface area contributed by atoms with E-state index in [1.165, 1.54) is 11.2 Å². The predicted octanol–water partition coefficient (Wildman–Crippen LogP) is 0.124. The van der Waals surface area contributed by atoms with Crippen LogP contribution in [-0.2, 0) is 25.6 Å². The van der Waals surface area contributed by atoms with Crippen molar-refractivity contribution in [2.45, 2.75) is 70.1 Å². The number of aromatic amines is 1. The summed E-state index contributed by atoms with van der Waals surface area (Å²) in [5.74, 6) is -1.69. The number of rotatable bonds is 13. The van der Waals surface area contributed by atoms with E-state index in [0.717, 1.165) is 0 Å². The van der Waals surface area contributed by atoms with E-state index in [1.807, 2.05) is 20.1 Å². The minimum Gasteiger partial charge on any atom is -0.480 e. The molecular weight excluding hydrogens is 460 g/mol. The monoisotopic (exact) mass is 496 g/mol. The van der Waals surface area contributed by atoms with Gasteiger partial charge in [-0.15, -0.1) is 0 Å². The summed E-state index contributed by atoms with van der Waals surface area (Å²) in [7, 11) is 0. The summed E-state index contributed by atoms with van der Waals surface area (Å²) < 4.78 is 0. The molecule has 0 bridgehead atoms. The van der Waals surface area contributed by atoms with Gasteiger partial charge in [-0.2, -0.15) is 11.8 Å². The van der Waals surface area contributed by atoms with Crippen LogP contribution in [0.5, 0.6) is 0 Å². The third-order valence-electron chi connectivity index (χ3n) is 5.72. The highest BCUT2D eigenvalue weighted by molar-refractivity contribution is 7.98. The number of carboxylic acid groups (broad SMARTS) is 1. The van der Waals surface area contributed by atoms with Crippen molar-refractivity contribution in [3.8, 4) is 0 Å². The molecule has 2 rings (SSSR count). The maximum Gasteiger partial charge on any atom is 0.326 e. The van der Waals surface area contributed by atoms with Crippen LogP contribution >= 0.6 is 11.8 Å². The zero-order valence-electron chi connectivity index (χ0n) is 20.0. The number of nitrogens with two attached hydrogens (primary N) is 1. The molecule has 1 aromatic rings. The van der Waals surface area contributed by atoms with Crippen LogP contribution in [0.15, 0.2) is 12.5 Å². The van der Waals surface area contributed by atoms with Gasteiger partial charge in [0, 0.05) is 24.9 Å². The summed E-state index contributed by atoms with van der Waals surface area (Å²) >= 11 is 1.57. The molecule has 0 radical (unpaired) electrons. The number of amides is 3. The SMILES string of the molecule is CSCCC(N)C(=O)NC(Cc1cnc[nH]1)C(=O)NC(CC(C)C)C(=O)N1CCCC1C(=O)O. The first kappa shape index (κ1) is 27.6. The van der Waals surface area contributed by atoms with Gasteiger partial charge >= 0.3 is 5.97 Å². The van der Waals surface area contributed by atoms with E-state index >= 15 is 0 Å². The Morgan fingerprint density at radius 1 is 1.26 bits per heavy atom. The van der Waals surface area contributed by atoms with Crippen molar-refractivity contribution < 1.29 is 24.3 Å². The van der Waals surface area contributed by atoms with Gasteiger partial charge in [0.05, 0.1) is 12.4 Å². The Labute approximate surface area is 204 Å². The average molecular weight is 497 g/mol. The van der Waals surface area contributed by atoms with Crippen LogP contribution in [0.3, 0.4) is 0 Å². The first-order chi connectivity index (χ1) is 16.1. The van der Waals surface area contributed by atoms with E-state index in [9.17, 15) is 24.3 Å². The number of carbonyl (C=O) groups is 4. The molecule has 0 spiro atoms. The van der Waals surface area contributed by atoms with Crippen molar-refractivity contribution in [3.63, 3.8) is 0 Å². The number of H-pyrrole nitrogens is 1. The molecule has 11 nitrogen and oxygen atoms in total. The van der Waals surface area contributed by atoms with Crippen molar-refractivity contribution in [1.82, 2.24) is 25.5 Å². The summed E-state index contributed by atoms with van der Waals surface area (Å²) in [6, 6.07) is -3.55. The smallest absolute Gasteiger partial charge is 0.326 e. The number of carbonyl (C=O) groups excluding carboxylic acids is 3. The Bertz CT molecular complexity index is 834. The maximum absolute atomic E-state index is 13.3. The third kappa shape index (κ3) is 8.01. The number of carboxylic acids is 1. The lowest BCUT2D eigenvalue weighted by Crippen LogP contribution is -2.58. The van der Waals surface area contributed by atoms with Crippen LogP contribution in [0.25, 0.3) is 0 Å². The molecule has 0 saturated carbocycles. The molecule has 2 heterocycles. The standard InChI is InChI=1S/C22H36N6O5S/c1-13(2)9-17(21(31)28-7-4-5-18(28)22(32)33)27-20(30)16(10-14-11-24-12-25-14)26-19(29)15(23)6-8-34-3/h11-13,15-18H,4-10,23H2,1-3H3,(H,24,25)(H,26,29)(H,27,30)(H,32,33). The van der Waals surface area contributed by atoms with Crippen molar-refractivity contribution in [2.24, 2.45) is 11.7 Å². The molecular formula is C22H36N6O5S. The minimum atomic E-state index is -1.05. The van der Waals surface area contributed by atoms with Gasteiger partial charge < -0.3 is 31.4 Å². The minimum absolute atomic E-state index is 0.0701. The van der Waals surface area contributed by atoms with Crippen molar-refractivity contribution in [1.29, 1.82) is 0 Å². The van der Waals surface area contributed by atoms with E-state index in [2.05, 4.69) is 20.6 Å². The third-order valence-corrected chi connectivity index (χ3v) is 6.37. The molecule has 0 aromatic carbocycles. The molecule has 190 valence electrons. The number of imidazole rings is 1. The highest BCUT2D eigenvalue weighted by Gasteiger charge is 2.38. The second-order valence-electron chi connectivity index (χ2n) is 8.95. The Balaban J connectivity index is 2.18. The van der Waals surface area contributed by atoms with Gasteiger partial charge in [0.25, 0.3) is 0 Å². The second-order valence-corrected chi connectivity index (χ2v) is 9.93. The highest BCUT2D eigenvalue weighted by Crippen LogP contribution is 2.20. The van der Waals surface area contributed by atoms with E-state index in [-0.39, 0.29) is 12.3 Å². The maximum atomic E-state index is 13.3.